The molecule has 1 aliphatic heterocycles. The summed E-state index contributed by atoms with van der Waals surface area (Å²) in [5.41, 5.74) is 1.50. The molecule has 2 heterocycles. The lowest BCUT2D eigenvalue weighted by atomic mass is 10.1. The lowest BCUT2D eigenvalue weighted by molar-refractivity contribution is -0.127. The molecule has 1 aliphatic rings. The van der Waals surface area contributed by atoms with E-state index in [0.717, 1.165) is 11.3 Å². The fraction of sp³-hybridized carbons (Fsp3) is 0.333. The number of aromatic amines is 1. The predicted octanol–water partition coefficient (Wildman–Crippen LogP) is 1.34. The molecule has 2 aromatic rings. The Balaban J connectivity index is 1.84. The zero-order chi connectivity index (χ0) is 17.1. The van der Waals surface area contributed by atoms with Crippen LogP contribution in [0, 0.1) is 6.92 Å². The van der Waals surface area contributed by atoms with Crippen LogP contribution in [0.5, 0.6) is 11.5 Å². The number of nitrogens with zero attached hydrogens (tertiary/aromatic N) is 4. The molecule has 0 atom stereocenters. The zero-order valence-corrected chi connectivity index (χ0v) is 14.1. The number of tetrazole rings is 1. The van der Waals surface area contributed by atoms with Crippen LogP contribution in [0.4, 0.5) is 0 Å². The quantitative estimate of drug-likeness (QED) is 0.804. The Labute approximate surface area is 142 Å². The Hall–Kier alpha value is -2.55. The van der Waals surface area contributed by atoms with Crippen molar-refractivity contribution in [1.82, 2.24) is 25.5 Å². The van der Waals surface area contributed by atoms with Crippen molar-refractivity contribution in [3.05, 3.63) is 34.0 Å². The maximum atomic E-state index is 12.6. The van der Waals surface area contributed by atoms with Gasteiger partial charge in [0.1, 0.15) is 0 Å². The van der Waals surface area contributed by atoms with E-state index in [0.29, 0.717) is 35.1 Å². The molecule has 0 aliphatic carbocycles. The zero-order valence-electron chi connectivity index (χ0n) is 13.3. The highest BCUT2D eigenvalue weighted by molar-refractivity contribution is 8.04. The number of phenolic OH excluding ortho intramolecular Hbond substituents is 1. The molecule has 0 saturated carbocycles. The van der Waals surface area contributed by atoms with Crippen molar-refractivity contribution in [1.29, 1.82) is 0 Å². The predicted molar refractivity (Wildman–Crippen MR) is 89.4 cm³/mol. The Bertz CT molecular complexity index is 776. The summed E-state index contributed by atoms with van der Waals surface area (Å²) in [6.45, 7) is 2.75. The largest absolute Gasteiger partial charge is 0.504 e. The molecule has 1 amide bonds. The summed E-state index contributed by atoms with van der Waals surface area (Å²) in [5, 5.41) is 23.6. The van der Waals surface area contributed by atoms with Gasteiger partial charge in [-0.1, -0.05) is 5.21 Å². The summed E-state index contributed by atoms with van der Waals surface area (Å²) >= 11 is 1.51. The summed E-state index contributed by atoms with van der Waals surface area (Å²) in [6, 6.07) is 3.53. The molecule has 2 N–H and O–H groups in total. The number of amides is 1. The standard InChI is InChI=1S/C15H17N5O3S/c1-9-5-10(6-11(23-2)14(9)21)7-12-15(22)20(3-4-24-12)8-13-16-18-19-17-13/h5-7,21H,3-4,8H2,1-2H3,(H,16,17,18,19)/b12-7+. The van der Waals surface area contributed by atoms with Gasteiger partial charge >= 0.3 is 0 Å². The van der Waals surface area contributed by atoms with E-state index in [2.05, 4.69) is 20.6 Å². The highest BCUT2D eigenvalue weighted by Gasteiger charge is 2.25. The second-order valence-electron chi connectivity index (χ2n) is 5.30. The summed E-state index contributed by atoms with van der Waals surface area (Å²) < 4.78 is 5.17. The van der Waals surface area contributed by atoms with Crippen LogP contribution in [0.3, 0.4) is 0 Å². The summed E-state index contributed by atoms with van der Waals surface area (Å²) in [6.07, 6.45) is 1.81. The minimum absolute atomic E-state index is 0.0688. The lowest BCUT2D eigenvalue weighted by Crippen LogP contribution is -2.36. The molecule has 0 radical (unpaired) electrons. The number of thioether (sulfide) groups is 1. The van der Waals surface area contributed by atoms with Gasteiger partial charge in [-0.3, -0.25) is 4.79 Å². The maximum Gasteiger partial charge on any atom is 0.260 e. The number of aromatic nitrogens is 4. The Morgan fingerprint density at radius 1 is 1.50 bits per heavy atom. The maximum absolute atomic E-state index is 12.6. The number of aromatic hydroxyl groups is 1. The van der Waals surface area contributed by atoms with E-state index < -0.39 is 0 Å². The van der Waals surface area contributed by atoms with Gasteiger partial charge in [-0.15, -0.1) is 22.0 Å². The van der Waals surface area contributed by atoms with Crippen molar-refractivity contribution in [2.24, 2.45) is 0 Å². The highest BCUT2D eigenvalue weighted by atomic mass is 32.2. The van der Waals surface area contributed by atoms with Crippen LogP contribution in [0.15, 0.2) is 17.0 Å². The van der Waals surface area contributed by atoms with Crippen molar-refractivity contribution >= 4 is 23.7 Å². The first-order valence-electron chi connectivity index (χ1n) is 7.32. The van der Waals surface area contributed by atoms with E-state index in [4.69, 9.17) is 4.74 Å². The van der Waals surface area contributed by atoms with Crippen LogP contribution in [-0.2, 0) is 11.3 Å². The topological polar surface area (TPSA) is 104 Å². The molecule has 1 fully saturated rings. The molecule has 126 valence electrons. The van der Waals surface area contributed by atoms with Crippen LogP contribution in [-0.4, -0.2) is 55.9 Å². The number of aryl methyl sites for hydroxylation is 1. The molecule has 1 aromatic heterocycles. The molecule has 24 heavy (non-hydrogen) atoms. The number of benzene rings is 1. The van der Waals surface area contributed by atoms with Gasteiger partial charge in [0, 0.05) is 12.3 Å². The summed E-state index contributed by atoms with van der Waals surface area (Å²) in [5.74, 6) is 1.71. The van der Waals surface area contributed by atoms with Gasteiger partial charge in [0.05, 0.1) is 18.6 Å². The van der Waals surface area contributed by atoms with Gasteiger partial charge in [-0.05, 0) is 36.3 Å². The normalized spacial score (nSPS) is 16.7. The van der Waals surface area contributed by atoms with Crippen molar-refractivity contribution in [3.8, 4) is 11.5 Å². The van der Waals surface area contributed by atoms with Crippen molar-refractivity contribution in [2.45, 2.75) is 13.5 Å². The highest BCUT2D eigenvalue weighted by Crippen LogP contribution is 2.33. The third-order valence-electron chi connectivity index (χ3n) is 3.64. The third kappa shape index (κ3) is 3.35. The van der Waals surface area contributed by atoms with Gasteiger partial charge < -0.3 is 14.7 Å². The van der Waals surface area contributed by atoms with Gasteiger partial charge in [0.15, 0.2) is 17.3 Å². The molecule has 9 heteroatoms. The minimum Gasteiger partial charge on any atom is -0.504 e. The number of carbonyl (C=O) groups is 1. The fourth-order valence-electron chi connectivity index (χ4n) is 2.42. The number of ether oxygens (including phenoxy) is 1. The van der Waals surface area contributed by atoms with Crippen molar-refractivity contribution < 1.29 is 14.6 Å². The van der Waals surface area contributed by atoms with E-state index >= 15 is 0 Å². The van der Waals surface area contributed by atoms with Gasteiger partial charge in [0.2, 0.25) is 0 Å². The van der Waals surface area contributed by atoms with E-state index in [1.54, 1.807) is 17.9 Å². The number of H-pyrrole nitrogens is 1. The molecule has 0 bridgehead atoms. The van der Waals surface area contributed by atoms with E-state index in [1.807, 2.05) is 12.1 Å². The third-order valence-corrected chi connectivity index (χ3v) is 4.63. The van der Waals surface area contributed by atoms with Crippen LogP contribution >= 0.6 is 11.8 Å². The monoisotopic (exact) mass is 347 g/mol. The minimum atomic E-state index is -0.0688. The molecule has 1 saturated heterocycles. The van der Waals surface area contributed by atoms with Gasteiger partial charge in [-0.2, -0.15) is 5.21 Å². The Kier molecular flexibility index (Phi) is 4.70. The average Bonchev–Trinajstić information content (AvgIpc) is 3.07. The Morgan fingerprint density at radius 3 is 3.04 bits per heavy atom. The number of phenols is 1. The van der Waals surface area contributed by atoms with Crippen LogP contribution in [0.25, 0.3) is 6.08 Å². The van der Waals surface area contributed by atoms with Crippen LogP contribution in [0.1, 0.15) is 17.0 Å². The van der Waals surface area contributed by atoms with Gasteiger partial charge in [-0.25, -0.2) is 0 Å². The second kappa shape index (κ2) is 6.91. The molecule has 1 aromatic carbocycles. The number of rotatable bonds is 4. The first-order chi connectivity index (χ1) is 11.6. The first kappa shape index (κ1) is 16.3. The van der Waals surface area contributed by atoms with Crippen molar-refractivity contribution in [3.63, 3.8) is 0 Å². The number of hydrogen-bond donors (Lipinski definition) is 2. The van der Waals surface area contributed by atoms with E-state index in [1.165, 1.54) is 18.9 Å². The van der Waals surface area contributed by atoms with E-state index in [9.17, 15) is 9.90 Å². The fourth-order valence-corrected chi connectivity index (χ4v) is 3.43. The van der Waals surface area contributed by atoms with Crippen LogP contribution in [0.2, 0.25) is 0 Å². The van der Waals surface area contributed by atoms with Gasteiger partial charge in [0.25, 0.3) is 5.91 Å². The second-order valence-corrected chi connectivity index (χ2v) is 6.44. The molecule has 0 unspecified atom stereocenters. The van der Waals surface area contributed by atoms with Crippen LogP contribution < -0.4 is 4.74 Å². The Morgan fingerprint density at radius 2 is 2.33 bits per heavy atom. The molecular weight excluding hydrogens is 330 g/mol. The summed E-state index contributed by atoms with van der Waals surface area (Å²) in [4.78, 5) is 15.0. The number of methoxy groups -OCH3 is 1. The SMILES string of the molecule is COc1cc(/C=C2/SCCN(Cc3nn[nH]n3)C2=O)cc(C)c1O. The molecule has 0 spiro atoms. The first-order valence-corrected chi connectivity index (χ1v) is 8.30. The number of nitrogens with one attached hydrogen (secondary N) is 1. The molecule has 3 rings (SSSR count). The number of hydrogen-bond acceptors (Lipinski definition) is 7. The molecule has 8 nitrogen and oxygen atoms in total. The smallest absolute Gasteiger partial charge is 0.260 e. The average molecular weight is 347 g/mol. The lowest BCUT2D eigenvalue weighted by Gasteiger charge is -2.26. The van der Waals surface area contributed by atoms with E-state index in [-0.39, 0.29) is 11.7 Å². The molecular formula is C15H17N5O3S. The number of carbonyl (C=O) groups excluding carboxylic acids is 1. The summed E-state index contributed by atoms with van der Waals surface area (Å²) in [7, 11) is 1.50. The van der Waals surface area contributed by atoms with Crippen molar-refractivity contribution in [2.75, 3.05) is 19.4 Å².